The zero-order valence-corrected chi connectivity index (χ0v) is 15.2. The number of aliphatic hydroxyl groups is 2. The molecule has 0 heterocycles. The van der Waals surface area contributed by atoms with Crippen LogP contribution in [0.5, 0.6) is 5.75 Å². The van der Waals surface area contributed by atoms with Crippen molar-refractivity contribution in [2.45, 2.75) is 18.2 Å². The molecule has 0 bridgehead atoms. The summed E-state index contributed by atoms with van der Waals surface area (Å²) in [5.41, 5.74) is 8.10. The van der Waals surface area contributed by atoms with Crippen molar-refractivity contribution in [2.75, 3.05) is 0 Å². The Bertz CT molecular complexity index is 973. The first-order valence-electron chi connectivity index (χ1n) is 8.57. The Labute approximate surface area is 166 Å². The molecule has 7 N–H and O–H groups in total. The molecule has 0 saturated heterocycles. The standard InChI is InChI=1S/C17H15NO.C4H6O6/c18-17(13-7-2-1-3-8-13)16-14-9-5-4-6-12(14)10-11-15(16)19;5-1(3(7)8)2(6)4(9)10/h1-11,17,19H,18H2;1-2,5-6H,(H,7,8)(H,9,10)/t17-;1-,2-/m10/s1. The van der Waals surface area contributed by atoms with Gasteiger partial charge in [0.05, 0.1) is 6.04 Å². The number of nitrogens with two attached hydrogens (primary N) is 1. The van der Waals surface area contributed by atoms with Gasteiger partial charge in [0, 0.05) is 5.56 Å². The van der Waals surface area contributed by atoms with Crippen LogP contribution in [0.2, 0.25) is 0 Å². The number of aliphatic hydroxyl groups excluding tert-OH is 2. The van der Waals surface area contributed by atoms with E-state index in [0.717, 1.165) is 21.9 Å². The molecule has 8 heteroatoms. The number of fused-ring (bicyclic) bond motifs is 1. The molecule has 8 nitrogen and oxygen atoms in total. The molecule has 29 heavy (non-hydrogen) atoms. The predicted octanol–water partition coefficient (Wildman–Crippen LogP) is 1.47. The lowest BCUT2D eigenvalue weighted by Crippen LogP contribution is -2.39. The first kappa shape index (κ1) is 21.8. The molecule has 3 aromatic rings. The Kier molecular flexibility index (Phi) is 7.27. The van der Waals surface area contributed by atoms with Crippen molar-refractivity contribution in [3.05, 3.63) is 77.9 Å². The molecule has 3 atom stereocenters. The Balaban J connectivity index is 0.000000257. The van der Waals surface area contributed by atoms with Crippen LogP contribution in [0.1, 0.15) is 17.2 Å². The van der Waals surface area contributed by atoms with Crippen LogP contribution >= 0.6 is 0 Å². The Morgan fingerprint density at radius 3 is 1.83 bits per heavy atom. The summed E-state index contributed by atoms with van der Waals surface area (Å²) in [6.45, 7) is 0. The molecular weight excluding hydrogens is 378 g/mol. The molecule has 0 unspecified atom stereocenters. The number of aromatic hydroxyl groups is 1. The van der Waals surface area contributed by atoms with E-state index in [1.807, 2.05) is 60.7 Å². The van der Waals surface area contributed by atoms with Gasteiger partial charge >= 0.3 is 11.9 Å². The highest BCUT2D eigenvalue weighted by atomic mass is 16.4. The molecule has 0 saturated carbocycles. The van der Waals surface area contributed by atoms with Gasteiger partial charge in [0.15, 0.2) is 12.2 Å². The third kappa shape index (κ3) is 5.29. The number of rotatable bonds is 5. The number of benzene rings is 3. The summed E-state index contributed by atoms with van der Waals surface area (Å²) in [4.78, 5) is 19.5. The fourth-order valence-corrected chi connectivity index (χ4v) is 2.71. The van der Waals surface area contributed by atoms with Crippen LogP contribution in [0.4, 0.5) is 0 Å². The van der Waals surface area contributed by atoms with Gasteiger partial charge in [-0.25, -0.2) is 9.59 Å². The van der Waals surface area contributed by atoms with Gasteiger partial charge in [0.2, 0.25) is 0 Å². The summed E-state index contributed by atoms with van der Waals surface area (Å²) in [5, 5.41) is 44.8. The van der Waals surface area contributed by atoms with Gasteiger partial charge in [-0.3, -0.25) is 0 Å². The van der Waals surface area contributed by atoms with Crippen molar-refractivity contribution in [1.29, 1.82) is 0 Å². The maximum absolute atomic E-state index is 10.2. The third-order valence-electron chi connectivity index (χ3n) is 4.22. The average Bonchev–Trinajstić information content (AvgIpc) is 2.73. The van der Waals surface area contributed by atoms with Gasteiger partial charge in [0.1, 0.15) is 5.75 Å². The van der Waals surface area contributed by atoms with Crippen LogP contribution in [-0.2, 0) is 9.59 Å². The Morgan fingerprint density at radius 1 is 0.759 bits per heavy atom. The number of carboxylic acid groups (broad SMARTS) is 2. The summed E-state index contributed by atoms with van der Waals surface area (Å²) in [6.07, 6.45) is -4.53. The second-order valence-corrected chi connectivity index (χ2v) is 6.17. The van der Waals surface area contributed by atoms with E-state index in [1.54, 1.807) is 6.07 Å². The highest BCUT2D eigenvalue weighted by Gasteiger charge is 2.29. The van der Waals surface area contributed by atoms with Crippen LogP contribution in [0.25, 0.3) is 10.8 Å². The van der Waals surface area contributed by atoms with E-state index in [-0.39, 0.29) is 11.8 Å². The topological polar surface area (TPSA) is 161 Å². The average molecular weight is 399 g/mol. The van der Waals surface area contributed by atoms with Gasteiger partial charge < -0.3 is 31.3 Å². The minimum atomic E-state index is -2.27. The maximum atomic E-state index is 10.2. The molecule has 0 amide bonds. The minimum absolute atomic E-state index is 0.245. The molecule has 0 aliphatic rings. The number of phenols is 1. The van der Waals surface area contributed by atoms with Crippen LogP contribution < -0.4 is 5.73 Å². The van der Waals surface area contributed by atoms with Crippen molar-refractivity contribution in [2.24, 2.45) is 5.73 Å². The van der Waals surface area contributed by atoms with Crippen molar-refractivity contribution >= 4 is 22.7 Å². The highest BCUT2D eigenvalue weighted by molar-refractivity contribution is 5.88. The number of hydrogen-bond acceptors (Lipinski definition) is 6. The second-order valence-electron chi connectivity index (χ2n) is 6.17. The van der Waals surface area contributed by atoms with Gasteiger partial charge in [-0.2, -0.15) is 0 Å². The lowest BCUT2D eigenvalue weighted by atomic mass is 9.93. The smallest absolute Gasteiger partial charge is 0.335 e. The van der Waals surface area contributed by atoms with E-state index in [9.17, 15) is 14.7 Å². The fourth-order valence-electron chi connectivity index (χ4n) is 2.71. The van der Waals surface area contributed by atoms with Crippen LogP contribution in [0.15, 0.2) is 66.7 Å². The zero-order chi connectivity index (χ0) is 21.6. The maximum Gasteiger partial charge on any atom is 0.335 e. The van der Waals surface area contributed by atoms with Gasteiger partial charge in [-0.15, -0.1) is 0 Å². The molecule has 0 aromatic heterocycles. The largest absolute Gasteiger partial charge is 0.508 e. The van der Waals surface area contributed by atoms with Crippen molar-refractivity contribution in [3.63, 3.8) is 0 Å². The lowest BCUT2D eigenvalue weighted by Gasteiger charge is -2.16. The van der Waals surface area contributed by atoms with Gasteiger partial charge in [-0.1, -0.05) is 60.7 Å². The van der Waals surface area contributed by atoms with Gasteiger partial charge in [0.25, 0.3) is 0 Å². The van der Waals surface area contributed by atoms with Crippen LogP contribution in [0.3, 0.4) is 0 Å². The fraction of sp³-hybridized carbons (Fsp3) is 0.143. The number of carbonyl (C=O) groups is 2. The van der Waals surface area contributed by atoms with E-state index < -0.39 is 24.1 Å². The molecule has 3 rings (SSSR count). The predicted molar refractivity (Wildman–Crippen MR) is 105 cm³/mol. The van der Waals surface area contributed by atoms with Crippen molar-refractivity contribution in [3.8, 4) is 5.75 Å². The van der Waals surface area contributed by atoms with E-state index >= 15 is 0 Å². The Hall–Kier alpha value is -3.46. The molecular formula is C21H21NO7. The molecule has 0 fully saturated rings. The SMILES string of the molecule is N[C@H](c1ccccc1)c1c(O)ccc2ccccc12.O=C(O)[C@@H](O)[C@H](O)C(=O)O. The molecule has 0 radical (unpaired) electrons. The summed E-state index contributed by atoms with van der Waals surface area (Å²) in [7, 11) is 0. The summed E-state index contributed by atoms with van der Waals surface area (Å²) in [6, 6.07) is 21.1. The molecule has 0 spiro atoms. The number of phenolic OH excluding ortho intramolecular Hbond substituents is 1. The number of hydrogen-bond donors (Lipinski definition) is 6. The van der Waals surface area contributed by atoms with E-state index in [2.05, 4.69) is 0 Å². The van der Waals surface area contributed by atoms with Gasteiger partial charge in [-0.05, 0) is 22.4 Å². The molecule has 0 aliphatic heterocycles. The third-order valence-corrected chi connectivity index (χ3v) is 4.22. The normalized spacial score (nSPS) is 13.6. The van der Waals surface area contributed by atoms with Crippen LogP contribution in [-0.4, -0.2) is 49.7 Å². The summed E-state index contributed by atoms with van der Waals surface area (Å²) < 4.78 is 0. The highest BCUT2D eigenvalue weighted by Crippen LogP contribution is 2.34. The zero-order valence-electron chi connectivity index (χ0n) is 15.2. The quantitative estimate of drug-likeness (QED) is 0.376. The van der Waals surface area contributed by atoms with E-state index in [4.69, 9.17) is 26.2 Å². The summed E-state index contributed by atoms with van der Waals surface area (Å²) >= 11 is 0. The summed E-state index contributed by atoms with van der Waals surface area (Å²) in [5.74, 6) is -3.29. The lowest BCUT2D eigenvalue weighted by molar-refractivity contribution is -0.165. The molecule has 152 valence electrons. The monoisotopic (exact) mass is 399 g/mol. The molecule has 3 aromatic carbocycles. The number of aliphatic carboxylic acids is 2. The van der Waals surface area contributed by atoms with Crippen molar-refractivity contribution in [1.82, 2.24) is 0 Å². The second kappa shape index (κ2) is 9.65. The van der Waals surface area contributed by atoms with Crippen LogP contribution in [0, 0.1) is 0 Å². The van der Waals surface area contributed by atoms with E-state index in [1.165, 1.54) is 0 Å². The first-order valence-corrected chi connectivity index (χ1v) is 8.57. The van der Waals surface area contributed by atoms with E-state index in [0.29, 0.717) is 0 Å². The van der Waals surface area contributed by atoms with Crippen molar-refractivity contribution < 1.29 is 35.1 Å². The molecule has 0 aliphatic carbocycles. The minimum Gasteiger partial charge on any atom is -0.508 e. The first-order chi connectivity index (χ1) is 13.7. The number of carboxylic acids is 2. The Morgan fingerprint density at radius 2 is 1.28 bits per heavy atom.